The number of amides is 1. The maximum absolute atomic E-state index is 12.4. The van der Waals surface area contributed by atoms with Gasteiger partial charge in [-0.05, 0) is 42.8 Å². The average molecular weight is 422 g/mol. The van der Waals surface area contributed by atoms with Crippen LogP contribution >= 0.6 is 0 Å². The van der Waals surface area contributed by atoms with E-state index in [2.05, 4.69) is 46.9 Å². The third kappa shape index (κ3) is 3.17. The van der Waals surface area contributed by atoms with E-state index < -0.39 is 0 Å². The van der Waals surface area contributed by atoms with Crippen molar-refractivity contribution in [1.29, 1.82) is 0 Å². The van der Waals surface area contributed by atoms with E-state index in [9.17, 15) is 9.59 Å². The van der Waals surface area contributed by atoms with Crippen LogP contribution in [-0.2, 0) is 11.3 Å². The van der Waals surface area contributed by atoms with Crippen LogP contribution in [0, 0.1) is 0 Å². The van der Waals surface area contributed by atoms with Crippen LogP contribution in [0.2, 0.25) is 0 Å². The van der Waals surface area contributed by atoms with Gasteiger partial charge in [-0.3, -0.25) is 9.59 Å². The Morgan fingerprint density at radius 3 is 2.34 bits per heavy atom. The average Bonchev–Trinajstić information content (AvgIpc) is 3.13. The highest BCUT2D eigenvalue weighted by Gasteiger charge is 2.13. The monoisotopic (exact) mass is 422 g/mol. The number of carbonyl (C=O) groups is 1. The molecule has 0 N–H and O–H groups in total. The molecule has 0 saturated carbocycles. The standard InChI is InChI=1S/C26H22N4O2/c1-3-28-23-10-6-4-8-20(23)22-16-19(12-13-24(22)28)17-27-30(18(2)31)29-15-14-26(32)21-9-5-7-11-25(21)29/h4-17H,3H2,1-2H3. The molecule has 5 aromatic rings. The maximum atomic E-state index is 12.4. The van der Waals surface area contributed by atoms with Gasteiger partial charge in [-0.2, -0.15) is 5.10 Å². The van der Waals surface area contributed by atoms with Crippen molar-refractivity contribution in [3.8, 4) is 0 Å². The molecule has 2 heterocycles. The minimum absolute atomic E-state index is 0.0953. The van der Waals surface area contributed by atoms with Crippen molar-refractivity contribution >= 4 is 44.8 Å². The molecule has 0 spiro atoms. The van der Waals surface area contributed by atoms with Crippen molar-refractivity contribution in [3.05, 3.63) is 94.8 Å². The third-order valence-electron chi connectivity index (χ3n) is 5.70. The highest BCUT2D eigenvalue weighted by atomic mass is 16.2. The van der Waals surface area contributed by atoms with Crippen molar-refractivity contribution in [2.24, 2.45) is 5.10 Å². The Morgan fingerprint density at radius 2 is 1.59 bits per heavy atom. The zero-order valence-corrected chi connectivity index (χ0v) is 17.9. The van der Waals surface area contributed by atoms with E-state index in [0.29, 0.717) is 10.9 Å². The summed E-state index contributed by atoms with van der Waals surface area (Å²) in [5, 5.41) is 8.61. The van der Waals surface area contributed by atoms with Crippen molar-refractivity contribution in [3.63, 3.8) is 0 Å². The summed E-state index contributed by atoms with van der Waals surface area (Å²) in [6.45, 7) is 4.47. The zero-order valence-electron chi connectivity index (χ0n) is 17.9. The number of benzene rings is 3. The first-order valence-electron chi connectivity index (χ1n) is 10.5. The van der Waals surface area contributed by atoms with Gasteiger partial charge in [0, 0.05) is 52.9 Å². The van der Waals surface area contributed by atoms with Crippen molar-refractivity contribution in [1.82, 2.24) is 9.24 Å². The molecule has 6 nitrogen and oxygen atoms in total. The number of hydrazone groups is 1. The summed E-state index contributed by atoms with van der Waals surface area (Å²) >= 11 is 0. The number of hydrogen-bond donors (Lipinski definition) is 0. The van der Waals surface area contributed by atoms with E-state index in [-0.39, 0.29) is 11.3 Å². The molecule has 0 bridgehead atoms. The summed E-state index contributed by atoms with van der Waals surface area (Å²) in [7, 11) is 0. The first-order chi connectivity index (χ1) is 15.6. The molecule has 1 amide bonds. The van der Waals surface area contributed by atoms with Crippen molar-refractivity contribution in [2.45, 2.75) is 20.4 Å². The summed E-state index contributed by atoms with van der Waals surface area (Å²) in [5.74, 6) is -0.265. The van der Waals surface area contributed by atoms with E-state index in [1.54, 1.807) is 35.3 Å². The lowest BCUT2D eigenvalue weighted by atomic mass is 10.1. The minimum atomic E-state index is -0.265. The van der Waals surface area contributed by atoms with Crippen molar-refractivity contribution < 1.29 is 4.79 Å². The van der Waals surface area contributed by atoms with Gasteiger partial charge in [-0.25, -0.2) is 4.68 Å². The molecule has 158 valence electrons. The SMILES string of the molecule is CCn1c2ccccc2c2cc(C=NN(C(C)=O)n3ccc(=O)c4ccccc43)ccc21. The Labute approximate surface area is 184 Å². The molecule has 0 radical (unpaired) electrons. The Bertz CT molecular complexity index is 1580. The predicted octanol–water partition coefficient (Wildman–Crippen LogP) is 4.65. The molecule has 0 aliphatic heterocycles. The second kappa shape index (κ2) is 7.81. The summed E-state index contributed by atoms with van der Waals surface area (Å²) in [6.07, 6.45) is 3.24. The van der Waals surface area contributed by atoms with E-state index in [1.165, 1.54) is 34.5 Å². The zero-order chi connectivity index (χ0) is 22.2. The van der Waals surface area contributed by atoms with Crippen LogP contribution in [-0.4, -0.2) is 21.4 Å². The number of rotatable bonds is 4. The summed E-state index contributed by atoms with van der Waals surface area (Å²) in [4.78, 5) is 24.6. The highest BCUT2D eigenvalue weighted by Crippen LogP contribution is 2.29. The molecule has 0 unspecified atom stereocenters. The summed E-state index contributed by atoms with van der Waals surface area (Å²) < 4.78 is 3.89. The van der Waals surface area contributed by atoms with Crippen LogP contribution in [0.4, 0.5) is 0 Å². The smallest absolute Gasteiger partial charge is 0.259 e. The quantitative estimate of drug-likeness (QED) is 0.313. The fourth-order valence-electron chi connectivity index (χ4n) is 4.26. The first kappa shape index (κ1) is 19.8. The van der Waals surface area contributed by atoms with Gasteiger partial charge in [0.1, 0.15) is 0 Å². The lowest BCUT2D eigenvalue weighted by Gasteiger charge is -2.20. The largest absolute Gasteiger partial charge is 0.341 e. The van der Waals surface area contributed by atoms with Crippen LogP contribution in [0.25, 0.3) is 32.7 Å². The number of carbonyl (C=O) groups excluding carboxylic acids is 1. The van der Waals surface area contributed by atoms with E-state index in [0.717, 1.165) is 17.5 Å². The van der Waals surface area contributed by atoms with E-state index in [1.807, 2.05) is 18.2 Å². The molecule has 0 atom stereocenters. The Morgan fingerprint density at radius 1 is 0.906 bits per heavy atom. The van der Waals surface area contributed by atoms with Gasteiger partial charge in [0.2, 0.25) is 0 Å². The van der Waals surface area contributed by atoms with Crippen LogP contribution in [0.15, 0.2) is 88.9 Å². The van der Waals surface area contributed by atoms with Gasteiger partial charge in [0.15, 0.2) is 5.43 Å². The van der Waals surface area contributed by atoms with Crippen molar-refractivity contribution in [2.75, 3.05) is 5.12 Å². The van der Waals surface area contributed by atoms with Gasteiger partial charge >= 0.3 is 0 Å². The Kier molecular flexibility index (Phi) is 4.82. The number of aryl methyl sites for hydroxylation is 1. The maximum Gasteiger partial charge on any atom is 0.259 e. The molecular weight excluding hydrogens is 400 g/mol. The lowest BCUT2D eigenvalue weighted by Crippen LogP contribution is -2.34. The predicted molar refractivity (Wildman–Crippen MR) is 130 cm³/mol. The molecule has 0 aliphatic rings. The Hall–Kier alpha value is -4.19. The van der Waals surface area contributed by atoms with Crippen LogP contribution in [0.5, 0.6) is 0 Å². The topological polar surface area (TPSA) is 59.6 Å². The molecule has 2 aromatic heterocycles. The normalized spacial score (nSPS) is 11.7. The number of para-hydroxylation sites is 2. The fraction of sp³-hybridized carbons (Fsp3) is 0.115. The first-order valence-corrected chi connectivity index (χ1v) is 10.5. The second-order valence-corrected chi connectivity index (χ2v) is 7.63. The van der Waals surface area contributed by atoms with Crippen LogP contribution in [0.1, 0.15) is 19.4 Å². The third-order valence-corrected chi connectivity index (χ3v) is 5.70. The second-order valence-electron chi connectivity index (χ2n) is 7.63. The molecule has 3 aromatic carbocycles. The fourth-order valence-corrected chi connectivity index (χ4v) is 4.26. The number of nitrogens with zero attached hydrogens (tertiary/aromatic N) is 4. The molecule has 5 rings (SSSR count). The molecule has 0 saturated heterocycles. The number of hydrogen-bond acceptors (Lipinski definition) is 3. The molecule has 32 heavy (non-hydrogen) atoms. The Balaban J connectivity index is 1.61. The summed E-state index contributed by atoms with van der Waals surface area (Å²) in [5.41, 5.74) is 3.77. The van der Waals surface area contributed by atoms with Gasteiger partial charge in [-0.1, -0.05) is 36.4 Å². The van der Waals surface area contributed by atoms with Gasteiger partial charge in [-0.15, -0.1) is 5.12 Å². The minimum Gasteiger partial charge on any atom is -0.341 e. The van der Waals surface area contributed by atoms with Crippen LogP contribution in [0.3, 0.4) is 0 Å². The van der Waals surface area contributed by atoms with E-state index in [4.69, 9.17) is 0 Å². The van der Waals surface area contributed by atoms with Gasteiger partial charge in [0.25, 0.3) is 5.91 Å². The lowest BCUT2D eigenvalue weighted by molar-refractivity contribution is -0.118. The molecular formula is C26H22N4O2. The van der Waals surface area contributed by atoms with E-state index >= 15 is 0 Å². The van der Waals surface area contributed by atoms with Crippen LogP contribution < -0.4 is 10.5 Å². The molecule has 0 aliphatic carbocycles. The number of fused-ring (bicyclic) bond motifs is 4. The summed E-state index contributed by atoms with van der Waals surface area (Å²) in [6, 6.07) is 23.2. The number of pyridine rings is 1. The highest BCUT2D eigenvalue weighted by molar-refractivity contribution is 6.09. The molecule has 6 heteroatoms. The van der Waals surface area contributed by atoms with Gasteiger partial charge in [0.05, 0.1) is 11.7 Å². The number of aromatic nitrogens is 2. The molecule has 0 fully saturated rings. The van der Waals surface area contributed by atoms with Gasteiger partial charge < -0.3 is 4.57 Å².